The molecule has 1 aliphatic carbocycles. The molecule has 0 spiro atoms. The molecule has 144 valence electrons. The summed E-state index contributed by atoms with van der Waals surface area (Å²) in [5.41, 5.74) is -1.11. The van der Waals surface area contributed by atoms with Crippen molar-refractivity contribution in [1.29, 1.82) is 0 Å². The molecule has 0 radical (unpaired) electrons. The Balaban J connectivity index is 1.61. The highest BCUT2D eigenvalue weighted by Gasteiger charge is 2.46. The highest BCUT2D eigenvalue weighted by Crippen LogP contribution is 2.37. The summed E-state index contributed by atoms with van der Waals surface area (Å²) in [5.74, 6) is -1.95. The van der Waals surface area contributed by atoms with Crippen molar-refractivity contribution >= 4 is 35.0 Å². The smallest absolute Gasteiger partial charge is 0.326 e. The van der Waals surface area contributed by atoms with Crippen LogP contribution in [0.4, 0.5) is 18.9 Å². The van der Waals surface area contributed by atoms with Crippen molar-refractivity contribution in [2.24, 2.45) is 11.8 Å². The van der Waals surface area contributed by atoms with E-state index in [1.165, 1.54) is 6.07 Å². The second-order valence-electron chi connectivity index (χ2n) is 6.47. The van der Waals surface area contributed by atoms with Crippen LogP contribution >= 0.6 is 11.6 Å². The standard InChI is InChI=1S/C18H16ClF3N2O3/c19-14-6-5-10(9-13(14)18(20,21)22)23-15(25)7-8-24-16(26)11-3-1-2-4-12(11)17(24)27/h1-2,5-6,9,11-12H,3-4,7-8H2,(H,23,25)/t11-,12-/m0/s1. The van der Waals surface area contributed by atoms with Crippen molar-refractivity contribution < 1.29 is 27.6 Å². The molecule has 0 unspecified atom stereocenters. The summed E-state index contributed by atoms with van der Waals surface area (Å²) >= 11 is 5.54. The SMILES string of the molecule is O=C(CCN1C(=O)[C@H]2CC=CC[C@@H]2C1=O)Nc1ccc(Cl)c(C(F)(F)F)c1. The number of carbonyl (C=O) groups is 3. The highest BCUT2D eigenvalue weighted by atomic mass is 35.5. The predicted molar refractivity (Wildman–Crippen MR) is 91.8 cm³/mol. The van der Waals surface area contributed by atoms with E-state index in [1.54, 1.807) is 0 Å². The summed E-state index contributed by atoms with van der Waals surface area (Å²) < 4.78 is 38.6. The topological polar surface area (TPSA) is 66.5 Å². The Labute approximate surface area is 158 Å². The van der Waals surface area contributed by atoms with Gasteiger partial charge in [-0.2, -0.15) is 13.2 Å². The molecule has 0 saturated carbocycles. The van der Waals surface area contributed by atoms with Gasteiger partial charge in [0.15, 0.2) is 0 Å². The van der Waals surface area contributed by atoms with Gasteiger partial charge in [-0.3, -0.25) is 19.3 Å². The lowest BCUT2D eigenvalue weighted by atomic mass is 9.85. The number of fused-ring (bicyclic) bond motifs is 1. The number of carbonyl (C=O) groups excluding carboxylic acids is 3. The summed E-state index contributed by atoms with van der Waals surface area (Å²) in [6.45, 7) is -0.101. The highest BCUT2D eigenvalue weighted by molar-refractivity contribution is 6.31. The number of hydrogen-bond donors (Lipinski definition) is 1. The van der Waals surface area contributed by atoms with Crippen LogP contribution in [0.1, 0.15) is 24.8 Å². The number of allylic oxidation sites excluding steroid dienone is 2. The largest absolute Gasteiger partial charge is 0.417 e. The molecule has 9 heteroatoms. The first kappa shape index (κ1) is 19.4. The van der Waals surface area contributed by atoms with Crippen LogP contribution in [0.3, 0.4) is 0 Å². The average Bonchev–Trinajstić information content (AvgIpc) is 2.85. The van der Waals surface area contributed by atoms with E-state index in [0.29, 0.717) is 12.8 Å². The Morgan fingerprint density at radius 1 is 1.15 bits per heavy atom. The van der Waals surface area contributed by atoms with Crippen LogP contribution in [0.25, 0.3) is 0 Å². The monoisotopic (exact) mass is 400 g/mol. The van der Waals surface area contributed by atoms with Crippen LogP contribution in [-0.2, 0) is 20.6 Å². The summed E-state index contributed by atoms with van der Waals surface area (Å²) in [6.07, 6.45) is -0.112. The number of imide groups is 1. The van der Waals surface area contributed by atoms with Crippen molar-refractivity contribution in [3.63, 3.8) is 0 Å². The lowest BCUT2D eigenvalue weighted by molar-refractivity contribution is -0.140. The minimum Gasteiger partial charge on any atom is -0.326 e. The summed E-state index contributed by atoms with van der Waals surface area (Å²) in [7, 11) is 0. The van der Waals surface area contributed by atoms with E-state index in [-0.39, 0.29) is 42.3 Å². The van der Waals surface area contributed by atoms with Crippen LogP contribution < -0.4 is 5.32 Å². The van der Waals surface area contributed by atoms with Crippen molar-refractivity contribution in [2.45, 2.75) is 25.4 Å². The Morgan fingerprint density at radius 2 is 1.74 bits per heavy atom. The van der Waals surface area contributed by atoms with E-state index >= 15 is 0 Å². The van der Waals surface area contributed by atoms with Gasteiger partial charge in [-0.25, -0.2) is 0 Å². The van der Waals surface area contributed by atoms with E-state index < -0.39 is 22.7 Å². The predicted octanol–water partition coefficient (Wildman–Crippen LogP) is 3.64. The normalized spacial score (nSPS) is 22.1. The zero-order valence-corrected chi connectivity index (χ0v) is 14.8. The molecular weight excluding hydrogens is 385 g/mol. The zero-order valence-electron chi connectivity index (χ0n) is 14.1. The van der Waals surface area contributed by atoms with Crippen LogP contribution in [-0.4, -0.2) is 29.2 Å². The molecule has 3 amide bonds. The lowest BCUT2D eigenvalue weighted by Crippen LogP contribution is -2.34. The van der Waals surface area contributed by atoms with Crippen LogP contribution in [0.2, 0.25) is 5.02 Å². The summed E-state index contributed by atoms with van der Waals surface area (Å²) in [4.78, 5) is 37.8. The number of amides is 3. The molecule has 2 aliphatic rings. The Hall–Kier alpha value is -2.35. The first-order valence-corrected chi connectivity index (χ1v) is 8.73. The van der Waals surface area contributed by atoms with E-state index in [2.05, 4.69) is 5.32 Å². The average molecular weight is 401 g/mol. The molecule has 1 N–H and O–H groups in total. The minimum atomic E-state index is -4.64. The maximum Gasteiger partial charge on any atom is 0.417 e. The van der Waals surface area contributed by atoms with Crippen molar-refractivity contribution in [2.75, 3.05) is 11.9 Å². The third kappa shape index (κ3) is 4.00. The fourth-order valence-electron chi connectivity index (χ4n) is 3.35. The molecule has 1 aromatic carbocycles. The fourth-order valence-corrected chi connectivity index (χ4v) is 3.57. The summed E-state index contributed by atoms with van der Waals surface area (Å²) in [5, 5.41) is 1.87. The van der Waals surface area contributed by atoms with E-state index in [1.807, 2.05) is 12.2 Å². The molecule has 27 heavy (non-hydrogen) atoms. The number of rotatable bonds is 4. The van der Waals surface area contributed by atoms with Crippen LogP contribution in [0.5, 0.6) is 0 Å². The number of alkyl halides is 3. The van der Waals surface area contributed by atoms with Gasteiger partial charge in [-0.15, -0.1) is 0 Å². The molecule has 1 heterocycles. The van der Waals surface area contributed by atoms with Gasteiger partial charge in [0.05, 0.1) is 22.4 Å². The Bertz CT molecular complexity index is 797. The maximum atomic E-state index is 12.9. The van der Waals surface area contributed by atoms with Gasteiger partial charge in [0.2, 0.25) is 17.7 Å². The summed E-state index contributed by atoms with van der Waals surface area (Å²) in [6, 6.07) is 3.04. The Morgan fingerprint density at radius 3 is 2.30 bits per heavy atom. The molecule has 0 bridgehead atoms. The molecule has 2 atom stereocenters. The van der Waals surface area contributed by atoms with Gasteiger partial charge >= 0.3 is 6.18 Å². The minimum absolute atomic E-state index is 0.0614. The van der Waals surface area contributed by atoms with Crippen molar-refractivity contribution in [1.82, 2.24) is 4.90 Å². The quantitative estimate of drug-likeness (QED) is 0.620. The molecule has 1 aliphatic heterocycles. The second kappa shape index (κ2) is 7.34. The van der Waals surface area contributed by atoms with Gasteiger partial charge in [0, 0.05) is 18.7 Å². The third-order valence-corrected chi connectivity index (χ3v) is 5.05. The fraction of sp³-hybridized carbons (Fsp3) is 0.389. The number of benzene rings is 1. The van der Waals surface area contributed by atoms with E-state index in [0.717, 1.165) is 17.0 Å². The molecule has 5 nitrogen and oxygen atoms in total. The Kier molecular flexibility index (Phi) is 5.28. The van der Waals surface area contributed by atoms with Crippen molar-refractivity contribution in [3.8, 4) is 0 Å². The first-order valence-electron chi connectivity index (χ1n) is 8.35. The van der Waals surface area contributed by atoms with E-state index in [4.69, 9.17) is 11.6 Å². The number of likely N-dealkylation sites (tertiary alicyclic amines) is 1. The number of nitrogens with zero attached hydrogens (tertiary/aromatic N) is 1. The molecule has 0 aromatic heterocycles. The lowest BCUT2D eigenvalue weighted by Gasteiger charge is -2.15. The van der Waals surface area contributed by atoms with Gasteiger partial charge in [0.25, 0.3) is 0 Å². The van der Waals surface area contributed by atoms with Crippen molar-refractivity contribution in [3.05, 3.63) is 40.9 Å². The zero-order chi connectivity index (χ0) is 19.8. The van der Waals surface area contributed by atoms with Gasteiger partial charge in [-0.1, -0.05) is 23.8 Å². The van der Waals surface area contributed by atoms with E-state index in [9.17, 15) is 27.6 Å². The second-order valence-corrected chi connectivity index (χ2v) is 6.88. The molecule has 3 rings (SSSR count). The molecule has 1 saturated heterocycles. The number of nitrogens with one attached hydrogen (secondary N) is 1. The maximum absolute atomic E-state index is 12.9. The van der Waals surface area contributed by atoms with Crippen LogP contribution in [0, 0.1) is 11.8 Å². The molecule has 1 fully saturated rings. The first-order chi connectivity index (χ1) is 12.7. The molecular formula is C18H16ClF3N2O3. The number of anilines is 1. The molecule has 1 aromatic rings. The van der Waals surface area contributed by atoms with Gasteiger partial charge < -0.3 is 5.32 Å². The van der Waals surface area contributed by atoms with Gasteiger partial charge in [0.1, 0.15) is 0 Å². The number of halogens is 4. The van der Waals surface area contributed by atoms with Gasteiger partial charge in [-0.05, 0) is 31.0 Å². The third-order valence-electron chi connectivity index (χ3n) is 4.72. The number of hydrogen-bond acceptors (Lipinski definition) is 3. The van der Waals surface area contributed by atoms with Crippen LogP contribution in [0.15, 0.2) is 30.4 Å².